The number of hydrogen-bond acceptors (Lipinski definition) is 3. The first-order valence-electron chi connectivity index (χ1n) is 4.36. The highest BCUT2D eigenvalue weighted by atomic mass is 35.6. The number of carboxylic acids is 1. The molecule has 0 spiro atoms. The standard InChI is InChI=1S/C8H12Cl3NO4/c1-4(2)5(6(13)14)12-7(15)16-3-8(9,10)11/h4-5H,3H2,1-2H3,(H,12,15)(H,13,14)/t5-/m1/s1. The lowest BCUT2D eigenvalue weighted by Gasteiger charge is -2.18. The third-order valence-corrected chi connectivity index (χ3v) is 1.90. The summed E-state index contributed by atoms with van der Waals surface area (Å²) in [6.07, 6.45) is -0.938. The summed E-state index contributed by atoms with van der Waals surface area (Å²) < 4.78 is 2.81. The molecule has 0 bridgehead atoms. The number of carbonyl (C=O) groups excluding carboxylic acids is 1. The molecule has 16 heavy (non-hydrogen) atoms. The molecule has 0 aromatic heterocycles. The van der Waals surface area contributed by atoms with Gasteiger partial charge in [0.05, 0.1) is 0 Å². The molecule has 0 aromatic carbocycles. The minimum Gasteiger partial charge on any atom is -0.480 e. The molecular weight excluding hydrogens is 280 g/mol. The van der Waals surface area contributed by atoms with Gasteiger partial charge in [-0.3, -0.25) is 0 Å². The molecule has 2 N–H and O–H groups in total. The van der Waals surface area contributed by atoms with E-state index in [2.05, 4.69) is 10.1 Å². The lowest BCUT2D eigenvalue weighted by Crippen LogP contribution is -2.45. The van der Waals surface area contributed by atoms with Gasteiger partial charge in [-0.15, -0.1) is 0 Å². The minimum atomic E-state index is -1.71. The van der Waals surface area contributed by atoms with Crippen LogP contribution in [0, 0.1) is 5.92 Å². The van der Waals surface area contributed by atoms with Gasteiger partial charge >= 0.3 is 12.1 Å². The van der Waals surface area contributed by atoms with Crippen molar-refractivity contribution in [3.8, 4) is 0 Å². The topological polar surface area (TPSA) is 75.6 Å². The van der Waals surface area contributed by atoms with E-state index in [1.807, 2.05) is 0 Å². The fourth-order valence-corrected chi connectivity index (χ4v) is 0.993. The molecule has 0 heterocycles. The summed E-state index contributed by atoms with van der Waals surface area (Å²) in [4.78, 5) is 21.9. The van der Waals surface area contributed by atoms with Gasteiger partial charge in [-0.2, -0.15) is 0 Å². The van der Waals surface area contributed by atoms with E-state index in [0.29, 0.717) is 0 Å². The quantitative estimate of drug-likeness (QED) is 0.779. The molecule has 0 aliphatic rings. The molecule has 0 rings (SSSR count). The Labute approximate surface area is 108 Å². The van der Waals surface area contributed by atoms with Gasteiger partial charge < -0.3 is 15.2 Å². The average Bonchev–Trinajstić information content (AvgIpc) is 2.08. The number of aliphatic carboxylic acids is 1. The third-order valence-electron chi connectivity index (χ3n) is 1.57. The molecule has 94 valence electrons. The first-order chi connectivity index (χ1) is 7.13. The van der Waals surface area contributed by atoms with Crippen LogP contribution in [0.15, 0.2) is 0 Å². The van der Waals surface area contributed by atoms with Crippen LogP contribution in [0.4, 0.5) is 4.79 Å². The summed E-state index contributed by atoms with van der Waals surface area (Å²) in [6.45, 7) is 2.84. The highest BCUT2D eigenvalue weighted by Crippen LogP contribution is 2.25. The number of amides is 1. The molecule has 5 nitrogen and oxygen atoms in total. The van der Waals surface area contributed by atoms with E-state index in [1.54, 1.807) is 13.8 Å². The number of halogens is 3. The Kier molecular flexibility index (Phi) is 6.22. The van der Waals surface area contributed by atoms with Crippen LogP contribution < -0.4 is 5.32 Å². The molecular formula is C8H12Cl3NO4. The summed E-state index contributed by atoms with van der Waals surface area (Å²) in [5, 5.41) is 10.9. The Bertz CT molecular complexity index is 264. The zero-order chi connectivity index (χ0) is 12.9. The molecule has 0 saturated heterocycles. The Balaban J connectivity index is 4.17. The summed E-state index contributed by atoms with van der Waals surface area (Å²) >= 11 is 16.0. The number of hydrogen-bond donors (Lipinski definition) is 2. The van der Waals surface area contributed by atoms with Crippen molar-refractivity contribution in [1.29, 1.82) is 0 Å². The van der Waals surface area contributed by atoms with Gasteiger partial charge in [0, 0.05) is 0 Å². The largest absolute Gasteiger partial charge is 0.480 e. The van der Waals surface area contributed by atoms with E-state index in [1.165, 1.54) is 0 Å². The van der Waals surface area contributed by atoms with Crippen LogP contribution in [0.2, 0.25) is 0 Å². The molecule has 0 aliphatic carbocycles. The van der Waals surface area contributed by atoms with E-state index in [9.17, 15) is 9.59 Å². The molecule has 0 aliphatic heterocycles. The second kappa shape index (κ2) is 6.37. The van der Waals surface area contributed by atoms with Crippen LogP contribution in [0.1, 0.15) is 13.8 Å². The fourth-order valence-electron chi connectivity index (χ4n) is 0.830. The second-order valence-electron chi connectivity index (χ2n) is 3.40. The van der Waals surface area contributed by atoms with E-state index < -0.39 is 28.5 Å². The van der Waals surface area contributed by atoms with Crippen molar-refractivity contribution in [2.45, 2.75) is 23.7 Å². The van der Waals surface area contributed by atoms with Crippen molar-refractivity contribution in [1.82, 2.24) is 5.32 Å². The van der Waals surface area contributed by atoms with E-state index in [4.69, 9.17) is 39.9 Å². The number of nitrogens with one attached hydrogen (secondary N) is 1. The monoisotopic (exact) mass is 291 g/mol. The van der Waals surface area contributed by atoms with Crippen LogP contribution in [0.25, 0.3) is 0 Å². The molecule has 0 aromatic rings. The summed E-state index contributed by atoms with van der Waals surface area (Å²) in [5.41, 5.74) is 0. The Morgan fingerprint density at radius 2 is 1.88 bits per heavy atom. The van der Waals surface area contributed by atoms with Gasteiger partial charge in [0.15, 0.2) is 0 Å². The Hall–Kier alpha value is -0.390. The van der Waals surface area contributed by atoms with Crippen molar-refractivity contribution < 1.29 is 19.4 Å². The van der Waals surface area contributed by atoms with Crippen LogP contribution >= 0.6 is 34.8 Å². The van der Waals surface area contributed by atoms with E-state index in [-0.39, 0.29) is 5.92 Å². The molecule has 0 radical (unpaired) electrons. The Morgan fingerprint density at radius 3 is 2.19 bits per heavy atom. The van der Waals surface area contributed by atoms with Crippen molar-refractivity contribution >= 4 is 46.9 Å². The fraction of sp³-hybridized carbons (Fsp3) is 0.750. The maximum absolute atomic E-state index is 11.1. The highest BCUT2D eigenvalue weighted by Gasteiger charge is 2.26. The number of alkyl carbamates (subject to hydrolysis) is 1. The number of alkyl halides is 3. The first-order valence-corrected chi connectivity index (χ1v) is 5.49. The predicted molar refractivity (Wildman–Crippen MR) is 61.0 cm³/mol. The van der Waals surface area contributed by atoms with Crippen LogP contribution in [-0.2, 0) is 9.53 Å². The minimum absolute atomic E-state index is 0.280. The molecule has 1 atom stereocenters. The lowest BCUT2D eigenvalue weighted by molar-refractivity contribution is -0.140. The van der Waals surface area contributed by atoms with Gasteiger partial charge in [0.2, 0.25) is 3.79 Å². The summed E-state index contributed by atoms with van der Waals surface area (Å²) in [6, 6.07) is -1.04. The van der Waals surface area contributed by atoms with Gasteiger partial charge in [-0.05, 0) is 5.92 Å². The van der Waals surface area contributed by atoms with Crippen molar-refractivity contribution in [2.75, 3.05) is 6.61 Å². The zero-order valence-electron chi connectivity index (χ0n) is 8.67. The van der Waals surface area contributed by atoms with E-state index >= 15 is 0 Å². The van der Waals surface area contributed by atoms with Crippen molar-refractivity contribution in [2.24, 2.45) is 5.92 Å². The van der Waals surface area contributed by atoms with Crippen LogP contribution in [0.3, 0.4) is 0 Å². The SMILES string of the molecule is CC(C)[C@@H](NC(=O)OCC(Cl)(Cl)Cl)C(=O)O. The molecule has 8 heteroatoms. The lowest BCUT2D eigenvalue weighted by atomic mass is 10.1. The molecule has 1 amide bonds. The van der Waals surface area contributed by atoms with Gasteiger partial charge in [-0.25, -0.2) is 9.59 Å². The normalized spacial score (nSPS) is 13.4. The smallest absolute Gasteiger partial charge is 0.408 e. The van der Waals surface area contributed by atoms with Gasteiger partial charge in [0.1, 0.15) is 12.6 Å². The van der Waals surface area contributed by atoms with Gasteiger partial charge in [0.25, 0.3) is 0 Å². The highest BCUT2D eigenvalue weighted by molar-refractivity contribution is 6.67. The number of carboxylic acid groups (broad SMARTS) is 1. The summed E-state index contributed by atoms with van der Waals surface area (Å²) in [7, 11) is 0. The summed E-state index contributed by atoms with van der Waals surface area (Å²) in [5.74, 6) is -1.43. The number of ether oxygens (including phenoxy) is 1. The van der Waals surface area contributed by atoms with Crippen LogP contribution in [0.5, 0.6) is 0 Å². The Morgan fingerprint density at radius 1 is 1.38 bits per heavy atom. The zero-order valence-corrected chi connectivity index (χ0v) is 10.9. The van der Waals surface area contributed by atoms with Crippen molar-refractivity contribution in [3.05, 3.63) is 0 Å². The predicted octanol–water partition coefficient (Wildman–Crippen LogP) is 2.19. The molecule has 0 fully saturated rings. The maximum atomic E-state index is 11.1. The molecule has 0 unspecified atom stereocenters. The third kappa shape index (κ3) is 6.98. The number of carbonyl (C=O) groups is 2. The number of rotatable bonds is 4. The average molecular weight is 293 g/mol. The van der Waals surface area contributed by atoms with Gasteiger partial charge in [-0.1, -0.05) is 48.7 Å². The second-order valence-corrected chi connectivity index (χ2v) is 5.91. The van der Waals surface area contributed by atoms with Crippen molar-refractivity contribution in [3.63, 3.8) is 0 Å². The van der Waals surface area contributed by atoms with Crippen LogP contribution in [-0.4, -0.2) is 33.6 Å². The first kappa shape index (κ1) is 15.6. The maximum Gasteiger partial charge on any atom is 0.408 e. The van der Waals surface area contributed by atoms with E-state index in [0.717, 1.165) is 0 Å². The molecule has 0 saturated carbocycles.